The minimum atomic E-state index is -0.339. The van der Waals surface area contributed by atoms with Crippen LogP contribution in [0, 0.1) is 0 Å². The molecule has 2 saturated heterocycles. The maximum absolute atomic E-state index is 11.6. The third-order valence-electron chi connectivity index (χ3n) is 7.51. The van der Waals surface area contributed by atoms with Crippen LogP contribution in [0.15, 0.2) is 72.8 Å². The number of benzene rings is 2. The van der Waals surface area contributed by atoms with Crippen LogP contribution in [0.25, 0.3) is 0 Å². The maximum Gasteiger partial charge on any atom is 0.348 e. The first kappa shape index (κ1) is 37.2. The molecule has 47 heavy (non-hydrogen) atoms. The van der Waals surface area contributed by atoms with Crippen molar-refractivity contribution >= 4 is 85.1 Å². The monoisotopic (exact) mass is 780 g/mol. The SMILES string of the molecule is COC(=O)c1cc(Cl)c(CBr)s1.COC(=O)c1cc(Cl)c(CN2CCN(c3ccccc3)CC2)s1.c1ccc(N2CCNCC2)cc1. The number of carbonyl (C=O) groups is 2. The molecule has 2 aliphatic rings. The van der Waals surface area contributed by atoms with Crippen molar-refractivity contribution in [1.29, 1.82) is 0 Å². The Morgan fingerprint density at radius 2 is 1.17 bits per heavy atom. The molecule has 2 aromatic heterocycles. The largest absolute Gasteiger partial charge is 0.465 e. The molecule has 4 heterocycles. The molecule has 0 saturated carbocycles. The Morgan fingerprint density at radius 1 is 0.723 bits per heavy atom. The molecule has 13 heteroatoms. The Hall–Kier alpha value is -2.64. The highest BCUT2D eigenvalue weighted by Crippen LogP contribution is 2.30. The van der Waals surface area contributed by atoms with Crippen LogP contribution in [-0.4, -0.2) is 83.4 Å². The number of hydrogen-bond donors (Lipinski definition) is 1. The number of piperazine rings is 2. The van der Waals surface area contributed by atoms with Crippen LogP contribution in [-0.2, 0) is 21.3 Å². The molecule has 1 N–H and O–H groups in total. The molecule has 2 fully saturated rings. The molecule has 0 aliphatic carbocycles. The first-order valence-corrected chi connectivity index (χ1v) is 18.7. The van der Waals surface area contributed by atoms with Crippen LogP contribution in [0.1, 0.15) is 29.1 Å². The van der Waals surface area contributed by atoms with Gasteiger partial charge < -0.3 is 24.6 Å². The number of methoxy groups -OCH3 is 2. The number of carbonyl (C=O) groups excluding carboxylic acids is 2. The Morgan fingerprint density at radius 3 is 1.62 bits per heavy atom. The number of alkyl halides is 1. The summed E-state index contributed by atoms with van der Waals surface area (Å²) in [6, 6.07) is 24.4. The molecule has 0 amide bonds. The fraction of sp³-hybridized carbons (Fsp3) is 0.353. The zero-order valence-electron chi connectivity index (χ0n) is 26.4. The van der Waals surface area contributed by atoms with Gasteiger partial charge in [0.05, 0.1) is 24.3 Å². The Bertz CT molecular complexity index is 1540. The predicted octanol–water partition coefficient (Wildman–Crippen LogP) is 7.69. The summed E-state index contributed by atoms with van der Waals surface area (Å²) in [4.78, 5) is 32.8. The fourth-order valence-corrected chi connectivity index (χ4v) is 8.33. The number of rotatable bonds is 7. The van der Waals surface area contributed by atoms with Gasteiger partial charge in [-0.25, -0.2) is 9.59 Å². The summed E-state index contributed by atoms with van der Waals surface area (Å²) in [5.74, 6) is -0.661. The van der Waals surface area contributed by atoms with Gasteiger partial charge in [0.15, 0.2) is 0 Å². The normalized spacial score (nSPS) is 14.7. The summed E-state index contributed by atoms with van der Waals surface area (Å²) in [7, 11) is 2.74. The number of nitrogens with one attached hydrogen (secondary N) is 1. The average molecular weight is 783 g/mol. The highest BCUT2D eigenvalue weighted by atomic mass is 79.9. The standard InChI is InChI=1S/C17H19ClN2O2S.C10H14N2.C7H6BrClO2S/c1-22-17(21)15-11-14(18)16(23-15)12-19-7-9-20(10-8-19)13-5-3-2-4-6-13;1-2-4-10(5-3-1)12-8-6-11-7-9-12;1-11-7(10)5-2-4(9)6(3-8)12-5/h2-6,11H,7-10,12H2,1H3;1-5,11H,6-9H2;2H,3H2,1H3. The summed E-state index contributed by atoms with van der Waals surface area (Å²) < 4.78 is 9.30. The molecule has 4 aromatic rings. The van der Waals surface area contributed by atoms with E-state index in [0.29, 0.717) is 25.1 Å². The van der Waals surface area contributed by atoms with Gasteiger partial charge in [0.25, 0.3) is 0 Å². The van der Waals surface area contributed by atoms with Gasteiger partial charge in [-0.2, -0.15) is 0 Å². The van der Waals surface area contributed by atoms with Crippen LogP contribution in [0.4, 0.5) is 11.4 Å². The molecule has 6 rings (SSSR count). The van der Waals surface area contributed by atoms with E-state index in [9.17, 15) is 9.59 Å². The first-order chi connectivity index (χ1) is 22.8. The number of esters is 2. The molecule has 252 valence electrons. The number of halogens is 3. The third-order valence-corrected chi connectivity index (χ3v) is 11.6. The topological polar surface area (TPSA) is 74.4 Å². The quantitative estimate of drug-likeness (QED) is 0.151. The Labute approximate surface area is 303 Å². The molecule has 0 atom stereocenters. The van der Waals surface area contributed by atoms with Crippen LogP contribution < -0.4 is 15.1 Å². The number of hydrogen-bond acceptors (Lipinski definition) is 10. The summed E-state index contributed by atoms with van der Waals surface area (Å²) in [5, 5.41) is 5.27. The highest BCUT2D eigenvalue weighted by Gasteiger charge is 2.21. The summed E-state index contributed by atoms with van der Waals surface area (Å²) in [5.41, 5.74) is 2.62. The van der Waals surface area contributed by atoms with Gasteiger partial charge in [-0.3, -0.25) is 4.90 Å². The van der Waals surface area contributed by atoms with Gasteiger partial charge >= 0.3 is 11.9 Å². The van der Waals surface area contributed by atoms with Crippen molar-refractivity contribution in [3.8, 4) is 0 Å². The van der Waals surface area contributed by atoms with Gasteiger partial charge in [0.2, 0.25) is 0 Å². The van der Waals surface area contributed by atoms with E-state index in [1.165, 1.54) is 48.3 Å². The lowest BCUT2D eigenvalue weighted by Gasteiger charge is -2.36. The van der Waals surface area contributed by atoms with Gasteiger partial charge in [0.1, 0.15) is 9.75 Å². The van der Waals surface area contributed by atoms with E-state index in [1.54, 1.807) is 12.1 Å². The van der Waals surface area contributed by atoms with Gasteiger partial charge in [-0.05, 0) is 36.4 Å². The van der Waals surface area contributed by atoms with Gasteiger partial charge in [-0.1, -0.05) is 75.5 Å². The van der Waals surface area contributed by atoms with Gasteiger partial charge in [-0.15, -0.1) is 22.7 Å². The van der Waals surface area contributed by atoms with Crippen molar-refractivity contribution in [2.45, 2.75) is 11.9 Å². The lowest BCUT2D eigenvalue weighted by Crippen LogP contribution is -2.45. The van der Waals surface area contributed by atoms with Gasteiger partial charge in [0, 0.05) is 85.4 Å². The van der Waals surface area contributed by atoms with E-state index < -0.39 is 0 Å². The van der Waals surface area contributed by atoms with Crippen LogP contribution in [0.3, 0.4) is 0 Å². The molecule has 2 aliphatic heterocycles. The molecule has 0 spiro atoms. The van der Waals surface area contributed by atoms with Crippen molar-refractivity contribution < 1.29 is 19.1 Å². The highest BCUT2D eigenvalue weighted by molar-refractivity contribution is 9.08. The van der Waals surface area contributed by atoms with E-state index in [2.05, 4.69) is 95.3 Å². The maximum atomic E-state index is 11.6. The summed E-state index contributed by atoms with van der Waals surface area (Å²) in [6.45, 7) is 9.21. The number of anilines is 2. The van der Waals surface area contributed by atoms with E-state index in [1.807, 2.05) is 6.07 Å². The van der Waals surface area contributed by atoms with Crippen molar-refractivity contribution in [1.82, 2.24) is 10.2 Å². The smallest absolute Gasteiger partial charge is 0.348 e. The number of ether oxygens (including phenoxy) is 2. The zero-order valence-corrected chi connectivity index (χ0v) is 31.2. The van der Waals surface area contributed by atoms with E-state index in [0.717, 1.165) is 68.7 Å². The van der Waals surface area contributed by atoms with Crippen molar-refractivity contribution in [3.63, 3.8) is 0 Å². The van der Waals surface area contributed by atoms with Crippen molar-refractivity contribution in [2.24, 2.45) is 0 Å². The molecule has 0 radical (unpaired) electrons. The average Bonchev–Trinajstić information content (AvgIpc) is 3.70. The third kappa shape index (κ3) is 11.2. The van der Waals surface area contributed by atoms with E-state index in [4.69, 9.17) is 27.9 Å². The summed E-state index contributed by atoms with van der Waals surface area (Å²) in [6.07, 6.45) is 0. The molecule has 2 aromatic carbocycles. The van der Waals surface area contributed by atoms with Crippen molar-refractivity contribution in [2.75, 3.05) is 76.4 Å². The number of para-hydroxylation sites is 2. The van der Waals surface area contributed by atoms with E-state index >= 15 is 0 Å². The molecule has 8 nitrogen and oxygen atoms in total. The van der Waals surface area contributed by atoms with E-state index in [-0.39, 0.29) is 11.9 Å². The fourth-order valence-electron chi connectivity index (χ4n) is 4.98. The summed E-state index contributed by atoms with van der Waals surface area (Å²) >= 11 is 18.1. The molecular weight excluding hydrogens is 743 g/mol. The number of thiophene rings is 2. The van der Waals surface area contributed by atoms with Crippen LogP contribution in [0.2, 0.25) is 10.0 Å². The second kappa shape index (κ2) is 19.4. The molecular formula is C34H39BrCl2N4O4S2. The Kier molecular flexibility index (Phi) is 15.3. The zero-order chi connectivity index (χ0) is 33.6. The van der Waals surface area contributed by atoms with Crippen molar-refractivity contribution in [3.05, 3.63) is 102 Å². The first-order valence-electron chi connectivity index (χ1n) is 15.1. The second-order valence-electron chi connectivity index (χ2n) is 10.6. The molecule has 0 bridgehead atoms. The Balaban J connectivity index is 0.000000176. The number of nitrogens with zero attached hydrogens (tertiary/aromatic N) is 3. The van der Waals surface area contributed by atoms with Crippen LogP contribution >= 0.6 is 61.8 Å². The minimum Gasteiger partial charge on any atom is -0.465 e. The second-order valence-corrected chi connectivity index (χ2v) is 14.2. The molecule has 0 unspecified atom stereocenters. The van der Waals surface area contributed by atoms with Crippen LogP contribution in [0.5, 0.6) is 0 Å². The predicted molar refractivity (Wildman–Crippen MR) is 199 cm³/mol. The lowest BCUT2D eigenvalue weighted by molar-refractivity contribution is 0.0597. The lowest BCUT2D eigenvalue weighted by atomic mass is 10.2. The minimum absolute atomic E-state index is 0.322.